The number of fused-ring (bicyclic) bond motifs is 15. The van der Waals surface area contributed by atoms with Crippen molar-refractivity contribution in [2.45, 2.75) is 13.1 Å². The molecule has 0 unspecified atom stereocenters. The van der Waals surface area contributed by atoms with Crippen molar-refractivity contribution in [1.29, 1.82) is 0 Å². The van der Waals surface area contributed by atoms with Crippen LogP contribution in [0.5, 0.6) is 0 Å². The number of benzene rings is 8. The molecule has 8 aromatic carbocycles. The van der Waals surface area contributed by atoms with Gasteiger partial charge in [0, 0.05) is 21.9 Å². The summed E-state index contributed by atoms with van der Waals surface area (Å²) >= 11 is 0. The molecule has 0 fully saturated rings. The Morgan fingerprint density at radius 1 is 0.393 bits per heavy atom. The van der Waals surface area contributed by atoms with E-state index in [0.29, 0.717) is 17.6 Å². The van der Waals surface area contributed by atoms with Gasteiger partial charge in [-0.2, -0.15) is 9.97 Å². The second kappa shape index (κ2) is 11.5. The summed E-state index contributed by atoms with van der Waals surface area (Å²) < 4.78 is 2.34. The molecule has 5 heteroatoms. The smallest absolute Gasteiger partial charge is 0.238 e. The Kier molecular flexibility index (Phi) is 6.46. The van der Waals surface area contributed by atoms with Crippen LogP contribution in [0.25, 0.3) is 106 Å². The first kappa shape index (κ1) is 31.4. The van der Waals surface area contributed by atoms with Crippen molar-refractivity contribution < 1.29 is 0 Å². The fourth-order valence-electron chi connectivity index (χ4n) is 9.64. The Morgan fingerprint density at radius 2 is 0.982 bits per heavy atom. The lowest BCUT2D eigenvalue weighted by Crippen LogP contribution is -2.50. The quantitative estimate of drug-likeness (QED) is 0.166. The molecule has 8 bridgehead atoms. The van der Waals surface area contributed by atoms with Crippen LogP contribution in [0.1, 0.15) is 0 Å². The standard InChI is InChI=1S/C51H34N4Si/c1-56(2)47-40-20-10-21-43(47)44-28-27-42-41-18-5-6-22-45(41)55(46(42)48(44)56)51-53-49(33-25-23-32(24-26-33)39-19-9-12-31-11-3-4-17-38(31)39)52-50(54-51)37-16-8-14-35(30-37)34-13-7-15-36(40)29-34/h3-30H,1-2H3. The number of para-hydroxylation sites is 1. The van der Waals surface area contributed by atoms with E-state index in [1.165, 1.54) is 70.8 Å². The Balaban J connectivity index is 1.17. The van der Waals surface area contributed by atoms with Crippen molar-refractivity contribution >= 4 is 51.0 Å². The van der Waals surface area contributed by atoms with Crippen LogP contribution in [0.15, 0.2) is 170 Å². The van der Waals surface area contributed by atoms with Crippen molar-refractivity contribution in [3.05, 3.63) is 170 Å². The fourth-order valence-corrected chi connectivity index (χ4v) is 13.4. The zero-order valence-corrected chi connectivity index (χ0v) is 32.0. The molecule has 0 radical (unpaired) electrons. The first-order valence-electron chi connectivity index (χ1n) is 19.3. The van der Waals surface area contributed by atoms with Gasteiger partial charge in [-0.05, 0) is 83.9 Å². The molecule has 10 aromatic rings. The number of nitrogens with zero attached hydrogens (tertiary/aromatic N) is 4. The van der Waals surface area contributed by atoms with Gasteiger partial charge >= 0.3 is 0 Å². The highest BCUT2D eigenvalue weighted by Crippen LogP contribution is 2.41. The van der Waals surface area contributed by atoms with Crippen LogP contribution in [0, 0.1) is 0 Å². The molecule has 2 aromatic heterocycles. The molecule has 12 rings (SSSR count). The number of aromatic nitrogens is 4. The second-order valence-corrected chi connectivity index (χ2v) is 19.9. The van der Waals surface area contributed by atoms with Gasteiger partial charge in [0.25, 0.3) is 0 Å². The molecule has 0 saturated carbocycles. The monoisotopic (exact) mass is 730 g/mol. The highest BCUT2D eigenvalue weighted by Gasteiger charge is 2.42. The Hall–Kier alpha value is -6.95. The van der Waals surface area contributed by atoms with Gasteiger partial charge in [0.15, 0.2) is 11.6 Å². The summed E-state index contributed by atoms with van der Waals surface area (Å²) in [5.41, 5.74) is 14.1. The van der Waals surface area contributed by atoms with E-state index in [1.54, 1.807) is 0 Å². The maximum absolute atomic E-state index is 5.40. The first-order chi connectivity index (χ1) is 27.5. The molecule has 4 heterocycles. The van der Waals surface area contributed by atoms with Gasteiger partial charge in [0.2, 0.25) is 5.95 Å². The third kappa shape index (κ3) is 4.43. The maximum Gasteiger partial charge on any atom is 0.238 e. The Labute approximate surface area is 325 Å². The molecule has 2 aliphatic heterocycles. The molecule has 262 valence electrons. The molecule has 2 aliphatic rings. The number of hydrogen-bond acceptors (Lipinski definition) is 3. The second-order valence-electron chi connectivity index (χ2n) is 15.6. The molecule has 0 N–H and O–H groups in total. The number of rotatable bonds is 2. The minimum absolute atomic E-state index is 0.629. The van der Waals surface area contributed by atoms with Crippen LogP contribution in [-0.4, -0.2) is 27.6 Å². The zero-order valence-electron chi connectivity index (χ0n) is 31.0. The minimum Gasteiger partial charge on any atom is -0.278 e. The predicted octanol–water partition coefficient (Wildman–Crippen LogP) is 11.6. The molecule has 0 saturated heterocycles. The van der Waals surface area contributed by atoms with Gasteiger partial charge in [-0.15, -0.1) is 0 Å². The molecular weight excluding hydrogens is 697 g/mol. The lowest BCUT2D eigenvalue weighted by atomic mass is 9.95. The van der Waals surface area contributed by atoms with Gasteiger partial charge in [-0.25, -0.2) is 4.98 Å². The van der Waals surface area contributed by atoms with Gasteiger partial charge < -0.3 is 0 Å². The van der Waals surface area contributed by atoms with Crippen molar-refractivity contribution in [1.82, 2.24) is 19.5 Å². The predicted molar refractivity (Wildman–Crippen MR) is 235 cm³/mol. The largest absolute Gasteiger partial charge is 0.278 e. The van der Waals surface area contributed by atoms with E-state index in [-0.39, 0.29) is 0 Å². The van der Waals surface area contributed by atoms with E-state index in [0.717, 1.165) is 27.8 Å². The summed E-state index contributed by atoms with van der Waals surface area (Å²) in [4.78, 5) is 16.0. The molecule has 4 nitrogen and oxygen atoms in total. The van der Waals surface area contributed by atoms with E-state index in [4.69, 9.17) is 15.0 Å². The zero-order chi connectivity index (χ0) is 37.1. The highest BCUT2D eigenvalue weighted by molar-refractivity contribution is 7.05. The van der Waals surface area contributed by atoms with Crippen molar-refractivity contribution in [3.63, 3.8) is 0 Å². The SMILES string of the molecule is C[Si]1(C)c2c3cccc2-c2ccc4c5ccccc5n(c4c21)-c1nc(-c2ccc(-c4cccc5ccccc45)cc2)nc(n1)-c1cccc(c1)-c1cccc-3c1. The third-order valence-corrected chi connectivity index (χ3v) is 15.7. The van der Waals surface area contributed by atoms with Crippen LogP contribution in [-0.2, 0) is 0 Å². The van der Waals surface area contributed by atoms with Crippen LogP contribution >= 0.6 is 0 Å². The number of hydrogen-bond donors (Lipinski definition) is 0. The van der Waals surface area contributed by atoms with Crippen LogP contribution in [0.4, 0.5) is 0 Å². The average Bonchev–Trinajstić information content (AvgIpc) is 3.71. The molecule has 0 aliphatic carbocycles. The summed E-state index contributed by atoms with van der Waals surface area (Å²) in [6.07, 6.45) is 0. The van der Waals surface area contributed by atoms with Crippen molar-refractivity contribution in [2.75, 3.05) is 0 Å². The Bertz CT molecular complexity index is 3280. The van der Waals surface area contributed by atoms with Gasteiger partial charge in [0.05, 0.1) is 11.0 Å². The van der Waals surface area contributed by atoms with Crippen molar-refractivity contribution in [2.24, 2.45) is 0 Å². The summed E-state index contributed by atoms with van der Waals surface area (Å²) in [5.74, 6) is 1.92. The van der Waals surface area contributed by atoms with Gasteiger partial charge in [-0.3, -0.25) is 4.57 Å². The van der Waals surface area contributed by atoms with E-state index in [9.17, 15) is 0 Å². The maximum atomic E-state index is 5.40. The van der Waals surface area contributed by atoms with Crippen molar-refractivity contribution in [3.8, 4) is 73.2 Å². The Morgan fingerprint density at radius 3 is 1.82 bits per heavy atom. The summed E-state index contributed by atoms with van der Waals surface area (Å²) in [6, 6.07) is 61.8. The lowest BCUT2D eigenvalue weighted by Gasteiger charge is -2.24. The van der Waals surface area contributed by atoms with Gasteiger partial charge in [-0.1, -0.05) is 165 Å². The fraction of sp³-hybridized carbons (Fsp3) is 0.0392. The van der Waals surface area contributed by atoms with Crippen LogP contribution < -0.4 is 10.4 Å². The van der Waals surface area contributed by atoms with E-state index < -0.39 is 8.07 Å². The molecule has 56 heavy (non-hydrogen) atoms. The van der Waals surface area contributed by atoms with E-state index >= 15 is 0 Å². The van der Waals surface area contributed by atoms with Crippen LogP contribution in [0.3, 0.4) is 0 Å². The minimum atomic E-state index is -2.32. The summed E-state index contributed by atoms with van der Waals surface area (Å²) in [7, 11) is -2.32. The average molecular weight is 731 g/mol. The summed E-state index contributed by atoms with van der Waals surface area (Å²) in [5, 5.41) is 7.82. The topological polar surface area (TPSA) is 43.6 Å². The highest BCUT2D eigenvalue weighted by atomic mass is 28.3. The molecule has 0 spiro atoms. The molecular formula is C51H34N4Si. The van der Waals surface area contributed by atoms with Crippen LogP contribution in [0.2, 0.25) is 13.1 Å². The molecule has 0 atom stereocenters. The van der Waals surface area contributed by atoms with E-state index in [1.807, 2.05) is 0 Å². The normalized spacial score (nSPS) is 13.3. The van der Waals surface area contributed by atoms with E-state index in [2.05, 4.69) is 188 Å². The molecule has 0 amide bonds. The summed E-state index contributed by atoms with van der Waals surface area (Å²) in [6.45, 7) is 5.05. The van der Waals surface area contributed by atoms with Gasteiger partial charge in [0.1, 0.15) is 8.07 Å². The lowest BCUT2D eigenvalue weighted by molar-refractivity contribution is 0.954. The third-order valence-electron chi connectivity index (χ3n) is 12.1. The first-order valence-corrected chi connectivity index (χ1v) is 22.3.